The number of rotatable bonds is 6. The Morgan fingerprint density at radius 1 is 0.587 bits per heavy atom. The van der Waals surface area contributed by atoms with Gasteiger partial charge >= 0.3 is 11.9 Å². The summed E-state index contributed by atoms with van der Waals surface area (Å²) in [4.78, 5) is 55.5. The Hall–Kier alpha value is -5.50. The second kappa shape index (κ2) is 11.8. The molecule has 4 aromatic rings. The molecule has 0 spiro atoms. The number of fused-ring (bicyclic) bond motifs is 2. The van der Waals surface area contributed by atoms with E-state index >= 15 is 0 Å². The van der Waals surface area contributed by atoms with Crippen molar-refractivity contribution in [3.05, 3.63) is 118 Å². The van der Waals surface area contributed by atoms with Gasteiger partial charge in [-0.3, -0.25) is 9.59 Å². The number of Topliss-reactive ketones (excluding diaryl/α,β-unsaturated/α-hetero) is 2. The van der Waals surface area contributed by atoms with Crippen molar-refractivity contribution in [1.82, 2.24) is 9.13 Å². The third kappa shape index (κ3) is 4.60. The largest absolute Gasteiger partial charge is 0.462 e. The van der Waals surface area contributed by atoms with E-state index in [1.807, 2.05) is 60.7 Å². The Balaban J connectivity index is 1.81. The van der Waals surface area contributed by atoms with Gasteiger partial charge in [-0.05, 0) is 73.3 Å². The van der Waals surface area contributed by atoms with Gasteiger partial charge in [0, 0.05) is 25.2 Å². The highest BCUT2D eigenvalue weighted by Gasteiger charge is 2.40. The lowest BCUT2D eigenvalue weighted by Gasteiger charge is -2.22. The quantitative estimate of drug-likeness (QED) is 0.212. The standard InChI is InChI=1S/C38H34N2O6/c1-7-45-37(43)29-27-25(19-21(3)35(41)33(27)39(5)31(29)23-15-11-9-12-16-23)26-20-22(4)36(42)34-28(26)30(38(44)46-8-2)32(40(34)6)24-17-13-10-14-18-24/h9-20H,7-8H2,1-6H3/b26-25+. The maximum Gasteiger partial charge on any atom is 0.340 e. The number of benzene rings is 2. The molecule has 0 amide bonds. The highest BCUT2D eigenvalue weighted by atomic mass is 16.5. The minimum absolute atomic E-state index is 0.134. The van der Waals surface area contributed by atoms with E-state index in [2.05, 4.69) is 0 Å². The van der Waals surface area contributed by atoms with Gasteiger partial charge in [0.1, 0.15) is 0 Å². The monoisotopic (exact) mass is 614 g/mol. The van der Waals surface area contributed by atoms with Crippen LogP contribution in [0.2, 0.25) is 0 Å². The lowest BCUT2D eigenvalue weighted by Crippen LogP contribution is -2.18. The van der Waals surface area contributed by atoms with Gasteiger partial charge in [-0.1, -0.05) is 60.7 Å². The summed E-state index contributed by atoms with van der Waals surface area (Å²) in [6.45, 7) is 7.18. The van der Waals surface area contributed by atoms with Crippen LogP contribution in [0.5, 0.6) is 0 Å². The lowest BCUT2D eigenvalue weighted by atomic mass is 9.80. The third-order valence-corrected chi connectivity index (χ3v) is 8.54. The van der Waals surface area contributed by atoms with Crippen LogP contribution in [0, 0.1) is 0 Å². The number of carbonyl (C=O) groups excluding carboxylic acids is 4. The van der Waals surface area contributed by atoms with Gasteiger partial charge in [0.2, 0.25) is 11.6 Å². The Morgan fingerprint density at radius 3 is 1.26 bits per heavy atom. The predicted molar refractivity (Wildman–Crippen MR) is 177 cm³/mol. The van der Waals surface area contributed by atoms with Gasteiger partial charge in [-0.2, -0.15) is 0 Å². The van der Waals surface area contributed by atoms with E-state index < -0.39 is 11.9 Å². The van der Waals surface area contributed by atoms with Crippen molar-refractivity contribution in [1.29, 1.82) is 0 Å². The molecule has 6 rings (SSSR count). The molecule has 0 atom stereocenters. The molecule has 8 nitrogen and oxygen atoms in total. The first-order chi connectivity index (χ1) is 22.1. The maximum absolute atomic E-state index is 13.9. The van der Waals surface area contributed by atoms with Crippen LogP contribution in [-0.2, 0) is 23.6 Å². The molecule has 2 aliphatic carbocycles. The van der Waals surface area contributed by atoms with E-state index in [-0.39, 0.29) is 35.9 Å². The number of esters is 2. The fourth-order valence-electron chi connectivity index (χ4n) is 6.60. The average molecular weight is 615 g/mol. The van der Waals surface area contributed by atoms with Crippen LogP contribution >= 0.6 is 0 Å². The maximum atomic E-state index is 13.9. The Bertz CT molecular complexity index is 1900. The van der Waals surface area contributed by atoms with Crippen LogP contribution in [0.4, 0.5) is 0 Å². The van der Waals surface area contributed by atoms with Gasteiger partial charge in [0.05, 0.1) is 47.1 Å². The minimum Gasteiger partial charge on any atom is -0.462 e. The summed E-state index contributed by atoms with van der Waals surface area (Å²) in [5.41, 5.74) is 6.46. The summed E-state index contributed by atoms with van der Waals surface area (Å²) in [5.74, 6) is -1.61. The summed E-state index contributed by atoms with van der Waals surface area (Å²) in [7, 11) is 3.53. The summed E-state index contributed by atoms with van der Waals surface area (Å²) < 4.78 is 14.7. The van der Waals surface area contributed by atoms with Gasteiger partial charge in [-0.15, -0.1) is 0 Å². The fourth-order valence-corrected chi connectivity index (χ4v) is 6.60. The van der Waals surface area contributed by atoms with Crippen LogP contribution in [-0.4, -0.2) is 45.9 Å². The molecule has 2 aromatic heterocycles. The van der Waals surface area contributed by atoms with Gasteiger partial charge < -0.3 is 18.6 Å². The Labute approximate surface area is 267 Å². The molecule has 0 fully saturated rings. The van der Waals surface area contributed by atoms with Crippen LogP contribution in [0.15, 0.2) is 84.0 Å². The first-order valence-electron chi connectivity index (χ1n) is 15.2. The number of hydrogen-bond acceptors (Lipinski definition) is 6. The normalized spacial score (nSPS) is 15.6. The summed E-state index contributed by atoms with van der Waals surface area (Å²) in [6.07, 6.45) is 3.48. The van der Waals surface area contributed by atoms with Gasteiger partial charge in [0.25, 0.3) is 0 Å². The van der Waals surface area contributed by atoms with Crippen molar-refractivity contribution in [3.8, 4) is 22.5 Å². The van der Waals surface area contributed by atoms with E-state index in [9.17, 15) is 19.2 Å². The lowest BCUT2D eigenvalue weighted by molar-refractivity contribution is 0.0517. The van der Waals surface area contributed by atoms with Crippen LogP contribution in [0.3, 0.4) is 0 Å². The molecule has 8 heteroatoms. The van der Waals surface area contributed by atoms with E-state index in [1.54, 1.807) is 63.1 Å². The van der Waals surface area contributed by atoms with Crippen molar-refractivity contribution in [2.75, 3.05) is 13.2 Å². The number of hydrogen-bond donors (Lipinski definition) is 0. The SMILES string of the molecule is CCOC(=O)c1c2c(n(C)c1-c1ccccc1)C(=O)C(C)=C/C2=C1/C=C(C)C(=O)c2c1c(C(=O)OCC)c(-c1ccccc1)n2C. The minimum atomic E-state index is -0.575. The zero-order valence-corrected chi connectivity index (χ0v) is 26.7. The predicted octanol–water partition coefficient (Wildman–Crippen LogP) is 7.25. The highest BCUT2D eigenvalue weighted by molar-refractivity contribution is 6.27. The molecule has 0 N–H and O–H groups in total. The second-order valence-electron chi connectivity index (χ2n) is 11.3. The first kappa shape index (κ1) is 30.5. The molecular formula is C38H34N2O6. The van der Waals surface area contributed by atoms with Gasteiger partial charge in [0.15, 0.2) is 0 Å². The van der Waals surface area contributed by atoms with Crippen LogP contribution in [0.1, 0.15) is 80.5 Å². The summed E-state index contributed by atoms with van der Waals surface area (Å²) in [6, 6.07) is 18.8. The van der Waals surface area contributed by atoms with Crippen molar-refractivity contribution >= 4 is 34.7 Å². The number of aromatic nitrogens is 2. The molecule has 0 saturated carbocycles. The molecule has 0 radical (unpaired) electrons. The topological polar surface area (TPSA) is 96.6 Å². The van der Waals surface area contributed by atoms with Crippen molar-refractivity contribution < 1.29 is 28.7 Å². The van der Waals surface area contributed by atoms with Crippen LogP contribution < -0.4 is 0 Å². The highest BCUT2D eigenvalue weighted by Crippen LogP contribution is 2.48. The Kier molecular flexibility index (Phi) is 7.82. The number of ether oxygens (including phenoxy) is 2. The van der Waals surface area contributed by atoms with E-state index in [0.29, 0.717) is 56.2 Å². The molecule has 2 aromatic carbocycles. The molecule has 232 valence electrons. The molecule has 46 heavy (non-hydrogen) atoms. The number of carbonyl (C=O) groups is 4. The third-order valence-electron chi connectivity index (χ3n) is 8.54. The van der Waals surface area contributed by atoms with Gasteiger partial charge in [-0.25, -0.2) is 9.59 Å². The molecular weight excluding hydrogens is 580 g/mol. The second-order valence-corrected chi connectivity index (χ2v) is 11.3. The van der Waals surface area contributed by atoms with E-state index in [0.717, 1.165) is 11.1 Å². The molecule has 2 heterocycles. The number of ketones is 2. The zero-order valence-electron chi connectivity index (χ0n) is 26.7. The molecule has 0 unspecified atom stereocenters. The van der Waals surface area contributed by atoms with E-state index in [4.69, 9.17) is 9.47 Å². The fraction of sp³-hybridized carbons (Fsp3) is 0.211. The summed E-state index contributed by atoms with van der Waals surface area (Å²) >= 11 is 0. The first-order valence-corrected chi connectivity index (χ1v) is 15.2. The number of allylic oxidation sites excluding steroid dienone is 6. The Morgan fingerprint density at radius 2 is 0.935 bits per heavy atom. The number of nitrogens with zero attached hydrogens (tertiary/aromatic N) is 2. The zero-order chi connectivity index (χ0) is 32.9. The molecule has 0 bridgehead atoms. The van der Waals surface area contributed by atoms with Crippen molar-refractivity contribution in [2.24, 2.45) is 14.1 Å². The average Bonchev–Trinajstić information content (AvgIpc) is 3.53. The smallest absolute Gasteiger partial charge is 0.340 e. The molecule has 2 aliphatic rings. The molecule has 0 aliphatic heterocycles. The van der Waals surface area contributed by atoms with Crippen LogP contribution in [0.25, 0.3) is 33.7 Å². The summed E-state index contributed by atoms with van der Waals surface area (Å²) in [5, 5.41) is 0. The van der Waals surface area contributed by atoms with Crippen molar-refractivity contribution in [3.63, 3.8) is 0 Å². The molecule has 0 saturated heterocycles. The van der Waals surface area contributed by atoms with Crippen molar-refractivity contribution in [2.45, 2.75) is 27.7 Å². The van der Waals surface area contributed by atoms with E-state index in [1.165, 1.54) is 0 Å².